The molecule has 0 spiro atoms. The van der Waals surface area contributed by atoms with Crippen molar-refractivity contribution < 1.29 is 4.74 Å². The van der Waals surface area contributed by atoms with Crippen LogP contribution in [-0.4, -0.2) is 22.7 Å². The third-order valence-electron chi connectivity index (χ3n) is 2.20. The second-order valence-corrected chi connectivity index (χ2v) is 4.92. The molecule has 1 rings (SSSR count). The molecule has 0 aliphatic rings. The summed E-state index contributed by atoms with van der Waals surface area (Å²) in [6.07, 6.45) is 2.33. The van der Waals surface area contributed by atoms with Crippen LogP contribution in [0.15, 0.2) is 0 Å². The largest absolute Gasteiger partial charge is 0.375 e. The Morgan fingerprint density at radius 1 is 1.44 bits per heavy atom. The van der Waals surface area contributed by atoms with Gasteiger partial charge in [-0.2, -0.15) is 0 Å². The number of ether oxygens (including phenoxy) is 1. The average Bonchev–Trinajstić information content (AvgIpc) is 2.65. The third-order valence-corrected chi connectivity index (χ3v) is 2.93. The Morgan fingerprint density at radius 3 is 2.94 bits per heavy atom. The van der Waals surface area contributed by atoms with E-state index in [9.17, 15) is 0 Å². The first kappa shape index (κ1) is 13.4. The molecule has 92 valence electrons. The van der Waals surface area contributed by atoms with E-state index >= 15 is 0 Å². The van der Waals surface area contributed by atoms with Crippen LogP contribution in [0.2, 0.25) is 0 Å². The van der Waals surface area contributed by atoms with Crippen LogP contribution in [0.1, 0.15) is 39.3 Å². The second-order valence-electron chi connectivity index (χ2n) is 4.17. The van der Waals surface area contributed by atoms with Crippen LogP contribution >= 0.6 is 11.5 Å². The van der Waals surface area contributed by atoms with Crippen molar-refractivity contribution in [2.24, 2.45) is 5.92 Å². The van der Waals surface area contributed by atoms with Gasteiger partial charge >= 0.3 is 0 Å². The van der Waals surface area contributed by atoms with E-state index in [2.05, 4.69) is 35.7 Å². The van der Waals surface area contributed by atoms with Crippen molar-refractivity contribution in [3.63, 3.8) is 0 Å². The molecule has 0 unspecified atom stereocenters. The molecule has 1 heterocycles. The lowest BCUT2D eigenvalue weighted by Crippen LogP contribution is -2.02. The number of nitrogens with zero attached hydrogens (tertiary/aromatic N) is 2. The first-order valence-electron chi connectivity index (χ1n) is 5.86. The number of hydrogen-bond donors (Lipinski definition) is 1. The second kappa shape index (κ2) is 7.57. The fourth-order valence-electron chi connectivity index (χ4n) is 1.36. The maximum Gasteiger partial charge on any atom is 0.135 e. The lowest BCUT2D eigenvalue weighted by atomic mass is 10.1. The van der Waals surface area contributed by atoms with Gasteiger partial charge in [-0.25, -0.2) is 0 Å². The fraction of sp³-hybridized carbons (Fsp3) is 0.818. The van der Waals surface area contributed by atoms with Crippen LogP contribution in [-0.2, 0) is 11.3 Å². The van der Waals surface area contributed by atoms with Crippen LogP contribution in [0.5, 0.6) is 0 Å². The molecule has 1 N–H and O–H groups in total. The Kier molecular flexibility index (Phi) is 6.33. The molecule has 1 aromatic heterocycles. The summed E-state index contributed by atoms with van der Waals surface area (Å²) in [5.74, 6) is 0.752. The summed E-state index contributed by atoms with van der Waals surface area (Å²) < 4.78 is 9.50. The lowest BCUT2D eigenvalue weighted by Gasteiger charge is -2.06. The van der Waals surface area contributed by atoms with Gasteiger partial charge in [-0.15, -0.1) is 5.10 Å². The Balaban J connectivity index is 2.18. The quantitative estimate of drug-likeness (QED) is 0.713. The van der Waals surface area contributed by atoms with Gasteiger partial charge in [0.25, 0.3) is 0 Å². The molecule has 0 saturated heterocycles. The van der Waals surface area contributed by atoms with E-state index in [1.807, 2.05) is 0 Å². The van der Waals surface area contributed by atoms with Crippen LogP contribution in [0.4, 0.5) is 5.00 Å². The highest BCUT2D eigenvalue weighted by molar-refractivity contribution is 7.10. The monoisotopic (exact) mass is 243 g/mol. The van der Waals surface area contributed by atoms with Crippen LogP contribution < -0.4 is 5.32 Å². The van der Waals surface area contributed by atoms with E-state index in [1.165, 1.54) is 18.0 Å². The number of hydrogen-bond acceptors (Lipinski definition) is 5. The highest BCUT2D eigenvalue weighted by Gasteiger charge is 2.06. The summed E-state index contributed by atoms with van der Waals surface area (Å²) in [5.41, 5.74) is 0.927. The minimum absolute atomic E-state index is 0.566. The molecule has 0 aliphatic heterocycles. The summed E-state index contributed by atoms with van der Waals surface area (Å²) in [6.45, 7) is 8.79. The molecular weight excluding hydrogens is 222 g/mol. The zero-order valence-corrected chi connectivity index (χ0v) is 11.1. The minimum Gasteiger partial charge on any atom is -0.375 e. The molecule has 0 radical (unpaired) electrons. The van der Waals surface area contributed by atoms with E-state index in [0.717, 1.165) is 36.2 Å². The van der Waals surface area contributed by atoms with Gasteiger partial charge in [0.2, 0.25) is 0 Å². The van der Waals surface area contributed by atoms with Gasteiger partial charge in [0.1, 0.15) is 10.7 Å². The predicted octanol–water partition coefficient (Wildman–Crippen LogP) is 2.92. The summed E-state index contributed by atoms with van der Waals surface area (Å²) in [4.78, 5) is 0. The third kappa shape index (κ3) is 4.90. The van der Waals surface area contributed by atoms with Crippen molar-refractivity contribution in [3.05, 3.63) is 5.69 Å². The molecule has 0 aliphatic carbocycles. The van der Waals surface area contributed by atoms with Gasteiger partial charge in [0, 0.05) is 24.7 Å². The number of anilines is 1. The SMILES string of the molecule is CCNc1snnc1COCCCC(C)C. The van der Waals surface area contributed by atoms with Gasteiger partial charge in [-0.05, 0) is 25.7 Å². The molecule has 0 saturated carbocycles. The van der Waals surface area contributed by atoms with E-state index in [4.69, 9.17) is 4.74 Å². The van der Waals surface area contributed by atoms with Crippen LogP contribution in [0.3, 0.4) is 0 Å². The molecule has 5 heteroatoms. The summed E-state index contributed by atoms with van der Waals surface area (Å²) in [7, 11) is 0. The predicted molar refractivity (Wildman–Crippen MR) is 67.8 cm³/mol. The Morgan fingerprint density at radius 2 is 2.25 bits per heavy atom. The van der Waals surface area contributed by atoms with Crippen molar-refractivity contribution in [3.8, 4) is 0 Å². The number of nitrogens with one attached hydrogen (secondary N) is 1. The average molecular weight is 243 g/mol. The molecule has 0 bridgehead atoms. The standard InChI is InChI=1S/C11H21N3OS/c1-4-12-11-10(13-14-16-11)8-15-7-5-6-9(2)3/h9,12H,4-8H2,1-3H3. The Hall–Kier alpha value is -0.680. The summed E-state index contributed by atoms with van der Waals surface area (Å²) in [5, 5.41) is 8.31. The van der Waals surface area contributed by atoms with Gasteiger partial charge in [0.05, 0.1) is 6.61 Å². The van der Waals surface area contributed by atoms with Crippen LogP contribution in [0.25, 0.3) is 0 Å². The summed E-state index contributed by atoms with van der Waals surface area (Å²) in [6, 6.07) is 0. The maximum absolute atomic E-state index is 5.58. The highest BCUT2D eigenvalue weighted by Crippen LogP contribution is 2.18. The lowest BCUT2D eigenvalue weighted by molar-refractivity contribution is 0.112. The zero-order chi connectivity index (χ0) is 11.8. The molecule has 0 amide bonds. The van der Waals surface area contributed by atoms with Crippen molar-refractivity contribution in [1.29, 1.82) is 0 Å². The Labute approximate surface area is 102 Å². The van der Waals surface area contributed by atoms with E-state index in [-0.39, 0.29) is 0 Å². The van der Waals surface area contributed by atoms with Gasteiger partial charge in [-0.1, -0.05) is 18.3 Å². The molecule has 4 nitrogen and oxygen atoms in total. The Bertz CT molecular complexity index is 289. The molecule has 16 heavy (non-hydrogen) atoms. The first-order chi connectivity index (χ1) is 7.74. The smallest absolute Gasteiger partial charge is 0.135 e. The molecule has 0 aromatic carbocycles. The number of aromatic nitrogens is 2. The van der Waals surface area contributed by atoms with Crippen molar-refractivity contribution in [1.82, 2.24) is 9.59 Å². The summed E-state index contributed by atoms with van der Waals surface area (Å²) >= 11 is 1.39. The van der Waals surface area contributed by atoms with Gasteiger partial charge in [-0.3, -0.25) is 0 Å². The van der Waals surface area contributed by atoms with Gasteiger partial charge in [0.15, 0.2) is 0 Å². The van der Waals surface area contributed by atoms with Crippen molar-refractivity contribution >= 4 is 16.5 Å². The molecule has 0 atom stereocenters. The van der Waals surface area contributed by atoms with E-state index in [1.54, 1.807) is 0 Å². The van der Waals surface area contributed by atoms with Crippen LogP contribution in [0, 0.1) is 5.92 Å². The highest BCUT2D eigenvalue weighted by atomic mass is 32.1. The zero-order valence-electron chi connectivity index (χ0n) is 10.3. The topological polar surface area (TPSA) is 47.0 Å². The molecular formula is C11H21N3OS. The van der Waals surface area contributed by atoms with Crippen molar-refractivity contribution in [2.45, 2.75) is 40.2 Å². The molecule has 0 fully saturated rings. The minimum atomic E-state index is 0.566. The maximum atomic E-state index is 5.58. The molecule has 1 aromatic rings. The van der Waals surface area contributed by atoms with E-state index in [0.29, 0.717) is 6.61 Å². The van der Waals surface area contributed by atoms with E-state index < -0.39 is 0 Å². The normalized spacial score (nSPS) is 11.0. The fourth-order valence-corrected chi connectivity index (χ4v) is 2.00. The number of rotatable bonds is 8. The van der Waals surface area contributed by atoms with Crippen molar-refractivity contribution in [2.75, 3.05) is 18.5 Å². The first-order valence-corrected chi connectivity index (χ1v) is 6.64. The van der Waals surface area contributed by atoms with Gasteiger partial charge < -0.3 is 10.1 Å².